The van der Waals surface area contributed by atoms with Gasteiger partial charge in [0.25, 0.3) is 0 Å². The summed E-state index contributed by atoms with van der Waals surface area (Å²) >= 11 is 0. The number of piperidine rings is 1. The first-order chi connectivity index (χ1) is 12.7. The first kappa shape index (κ1) is 19.9. The molecule has 26 heavy (non-hydrogen) atoms. The zero-order chi connectivity index (χ0) is 18.6. The molecule has 7 nitrogen and oxygen atoms in total. The number of methoxy groups -OCH3 is 1. The number of aromatic nitrogens is 1. The molecule has 0 aromatic carbocycles. The lowest BCUT2D eigenvalue weighted by atomic mass is 10.1. The van der Waals surface area contributed by atoms with Crippen LogP contribution in [0.25, 0.3) is 0 Å². The molecule has 1 aromatic rings. The van der Waals surface area contributed by atoms with Gasteiger partial charge >= 0.3 is 5.97 Å². The van der Waals surface area contributed by atoms with Gasteiger partial charge in [-0.1, -0.05) is 12.5 Å². The summed E-state index contributed by atoms with van der Waals surface area (Å²) in [5.74, 6) is -0.321. The third kappa shape index (κ3) is 7.65. The summed E-state index contributed by atoms with van der Waals surface area (Å²) < 4.78 is 10.0. The topological polar surface area (TPSA) is 80.8 Å². The molecule has 1 N–H and O–H groups in total. The lowest BCUT2D eigenvalue weighted by Gasteiger charge is -2.26. The SMILES string of the molecule is COC(=O)CC(=O)NC/C=C\COc1cc(CN2CCCCC2)ccn1. The van der Waals surface area contributed by atoms with Gasteiger partial charge in [0.05, 0.1) is 7.11 Å². The molecular formula is C19H27N3O4. The third-order valence-corrected chi connectivity index (χ3v) is 4.10. The number of rotatable bonds is 9. The number of pyridine rings is 1. The van der Waals surface area contributed by atoms with Crippen molar-refractivity contribution in [1.29, 1.82) is 0 Å². The van der Waals surface area contributed by atoms with Crippen molar-refractivity contribution in [2.75, 3.05) is 33.4 Å². The number of carbonyl (C=O) groups is 2. The summed E-state index contributed by atoms with van der Waals surface area (Å²) in [5.41, 5.74) is 1.20. The second-order valence-corrected chi connectivity index (χ2v) is 6.18. The molecule has 0 aliphatic carbocycles. The van der Waals surface area contributed by atoms with Crippen molar-refractivity contribution in [2.24, 2.45) is 0 Å². The van der Waals surface area contributed by atoms with E-state index >= 15 is 0 Å². The molecule has 142 valence electrons. The number of amides is 1. The zero-order valence-electron chi connectivity index (χ0n) is 15.3. The Balaban J connectivity index is 1.66. The summed E-state index contributed by atoms with van der Waals surface area (Å²) in [6.07, 6.45) is 8.95. The van der Waals surface area contributed by atoms with Crippen molar-refractivity contribution in [1.82, 2.24) is 15.2 Å². The van der Waals surface area contributed by atoms with Crippen molar-refractivity contribution < 1.29 is 19.1 Å². The molecule has 0 atom stereocenters. The molecule has 0 bridgehead atoms. The molecule has 1 fully saturated rings. The first-order valence-corrected chi connectivity index (χ1v) is 8.96. The number of likely N-dealkylation sites (tertiary alicyclic amines) is 1. The normalized spacial score (nSPS) is 15.0. The zero-order valence-corrected chi connectivity index (χ0v) is 15.3. The van der Waals surface area contributed by atoms with Crippen molar-refractivity contribution in [3.63, 3.8) is 0 Å². The highest BCUT2D eigenvalue weighted by Crippen LogP contribution is 2.15. The van der Waals surface area contributed by atoms with Crippen molar-refractivity contribution in [2.45, 2.75) is 32.2 Å². The molecule has 0 saturated carbocycles. The maximum absolute atomic E-state index is 11.4. The standard InChI is InChI=1S/C19H27N3O4/c1-25-19(24)14-17(23)20-8-3-6-12-26-18-13-16(7-9-21-18)15-22-10-4-2-5-11-22/h3,6-7,9,13H,2,4-5,8,10-12,14-15H2,1H3,(H,20,23)/b6-3-. The van der Waals surface area contributed by atoms with Crippen molar-refractivity contribution in [3.8, 4) is 5.88 Å². The molecule has 0 spiro atoms. The Morgan fingerprint density at radius 3 is 2.85 bits per heavy atom. The van der Waals surface area contributed by atoms with Crippen LogP contribution in [0, 0.1) is 0 Å². The Morgan fingerprint density at radius 2 is 2.08 bits per heavy atom. The number of nitrogens with zero attached hydrogens (tertiary/aromatic N) is 2. The van der Waals surface area contributed by atoms with Crippen LogP contribution in [0.5, 0.6) is 5.88 Å². The van der Waals surface area contributed by atoms with E-state index in [9.17, 15) is 9.59 Å². The van der Waals surface area contributed by atoms with Gasteiger partial charge in [-0.05, 0) is 43.6 Å². The minimum atomic E-state index is -0.551. The highest BCUT2D eigenvalue weighted by molar-refractivity contribution is 5.94. The molecule has 1 aliphatic rings. The van der Waals surface area contributed by atoms with Gasteiger partial charge in [-0.2, -0.15) is 0 Å². The van der Waals surface area contributed by atoms with E-state index in [1.807, 2.05) is 12.1 Å². The molecule has 0 radical (unpaired) electrons. The van der Waals surface area contributed by atoms with Crippen molar-refractivity contribution in [3.05, 3.63) is 36.0 Å². The Morgan fingerprint density at radius 1 is 1.27 bits per heavy atom. The smallest absolute Gasteiger partial charge is 0.315 e. The average molecular weight is 361 g/mol. The molecule has 1 aliphatic heterocycles. The lowest BCUT2D eigenvalue weighted by molar-refractivity contribution is -0.143. The van der Waals surface area contributed by atoms with Gasteiger partial charge in [0.2, 0.25) is 11.8 Å². The van der Waals surface area contributed by atoms with E-state index in [2.05, 4.69) is 19.9 Å². The third-order valence-electron chi connectivity index (χ3n) is 4.10. The second-order valence-electron chi connectivity index (χ2n) is 6.18. The summed E-state index contributed by atoms with van der Waals surface area (Å²) in [6.45, 7) is 3.95. The molecule has 0 unspecified atom stereocenters. The van der Waals surface area contributed by atoms with E-state index in [-0.39, 0.29) is 12.3 Å². The highest BCUT2D eigenvalue weighted by Gasteiger charge is 2.11. The number of nitrogens with one attached hydrogen (secondary N) is 1. The Labute approximate surface area is 154 Å². The second kappa shape index (κ2) is 11.3. The van der Waals surface area contributed by atoms with Crippen LogP contribution in [0.3, 0.4) is 0 Å². The quantitative estimate of drug-likeness (QED) is 0.409. The first-order valence-electron chi connectivity index (χ1n) is 8.96. The molecule has 1 aromatic heterocycles. The summed E-state index contributed by atoms with van der Waals surface area (Å²) in [4.78, 5) is 29.0. The van der Waals surface area contributed by atoms with E-state index in [4.69, 9.17) is 4.74 Å². The Bertz CT molecular complexity index is 613. The van der Waals surface area contributed by atoms with Crippen LogP contribution < -0.4 is 10.1 Å². The fourth-order valence-electron chi connectivity index (χ4n) is 2.73. The van der Waals surface area contributed by atoms with Gasteiger partial charge in [-0.25, -0.2) is 4.98 Å². The molecular weight excluding hydrogens is 334 g/mol. The maximum Gasteiger partial charge on any atom is 0.315 e. The molecule has 1 saturated heterocycles. The predicted molar refractivity (Wildman–Crippen MR) is 97.6 cm³/mol. The molecule has 1 amide bonds. The van der Waals surface area contributed by atoms with Crippen LogP contribution in [0.4, 0.5) is 0 Å². The number of ether oxygens (including phenoxy) is 2. The number of esters is 1. The largest absolute Gasteiger partial charge is 0.473 e. The van der Waals surface area contributed by atoms with E-state index in [0.29, 0.717) is 19.0 Å². The fourth-order valence-corrected chi connectivity index (χ4v) is 2.73. The lowest BCUT2D eigenvalue weighted by Crippen LogP contribution is -2.29. The van der Waals surface area contributed by atoms with Crippen LogP contribution in [-0.4, -0.2) is 55.1 Å². The van der Waals surface area contributed by atoms with E-state index in [1.54, 1.807) is 18.3 Å². The van der Waals surface area contributed by atoms with E-state index < -0.39 is 5.97 Å². The van der Waals surface area contributed by atoms with Gasteiger partial charge in [0.15, 0.2) is 0 Å². The van der Waals surface area contributed by atoms with Gasteiger partial charge < -0.3 is 14.8 Å². The van der Waals surface area contributed by atoms with E-state index in [1.165, 1.54) is 31.9 Å². The van der Waals surface area contributed by atoms with Gasteiger partial charge in [-0.3, -0.25) is 14.5 Å². The van der Waals surface area contributed by atoms with Crippen molar-refractivity contribution >= 4 is 11.9 Å². The molecule has 7 heteroatoms. The maximum atomic E-state index is 11.4. The summed E-state index contributed by atoms with van der Waals surface area (Å²) in [5, 5.41) is 2.60. The Hall–Kier alpha value is -2.41. The molecule has 2 rings (SSSR count). The molecule has 2 heterocycles. The van der Waals surface area contributed by atoms with Crippen LogP contribution in [0.1, 0.15) is 31.2 Å². The minimum absolute atomic E-state index is 0.269. The van der Waals surface area contributed by atoms with Gasteiger partial charge in [0.1, 0.15) is 13.0 Å². The fraction of sp³-hybridized carbons (Fsp3) is 0.526. The van der Waals surface area contributed by atoms with Crippen LogP contribution >= 0.6 is 0 Å². The van der Waals surface area contributed by atoms with E-state index in [0.717, 1.165) is 19.6 Å². The van der Waals surface area contributed by atoms with Crippen LogP contribution in [-0.2, 0) is 20.9 Å². The van der Waals surface area contributed by atoms with Gasteiger partial charge in [0, 0.05) is 25.4 Å². The number of hydrogen-bond donors (Lipinski definition) is 1. The predicted octanol–water partition coefficient (Wildman–Crippen LogP) is 1.68. The van der Waals surface area contributed by atoms with Crippen LogP contribution in [0.2, 0.25) is 0 Å². The number of carbonyl (C=O) groups excluding carboxylic acids is 2. The Kier molecular flexibility index (Phi) is 8.62. The van der Waals surface area contributed by atoms with Crippen LogP contribution in [0.15, 0.2) is 30.5 Å². The highest BCUT2D eigenvalue weighted by atomic mass is 16.5. The summed E-state index contributed by atoms with van der Waals surface area (Å²) in [7, 11) is 1.25. The summed E-state index contributed by atoms with van der Waals surface area (Å²) in [6, 6.07) is 3.99. The number of hydrogen-bond acceptors (Lipinski definition) is 6. The monoisotopic (exact) mass is 361 g/mol. The average Bonchev–Trinajstić information content (AvgIpc) is 2.65. The minimum Gasteiger partial charge on any atom is -0.473 e. The van der Waals surface area contributed by atoms with Gasteiger partial charge in [-0.15, -0.1) is 0 Å².